The molecule has 0 heterocycles. The van der Waals surface area contributed by atoms with Gasteiger partial charge >= 0.3 is 0 Å². The Morgan fingerprint density at radius 2 is 2.10 bits per heavy atom. The van der Waals surface area contributed by atoms with Crippen LogP contribution in [0.15, 0.2) is 12.1 Å². The first kappa shape index (κ1) is 7.41. The zero-order valence-corrected chi connectivity index (χ0v) is 5.82. The van der Waals surface area contributed by atoms with Crippen LogP contribution < -0.4 is 11.2 Å². The molecule has 0 bridgehead atoms. The minimum atomic E-state index is -0.615. The van der Waals surface area contributed by atoms with Crippen LogP contribution >= 0.6 is 11.6 Å². The van der Waals surface area contributed by atoms with Crippen LogP contribution in [0.2, 0.25) is 5.02 Å². The lowest BCUT2D eigenvalue weighted by Crippen LogP contribution is -2.05. The maximum Gasteiger partial charge on any atom is 0.164 e. The molecule has 0 saturated carbocycles. The third-order valence-corrected chi connectivity index (χ3v) is 1.35. The molecule has 1 aromatic rings. The van der Waals surface area contributed by atoms with Gasteiger partial charge in [0.05, 0.1) is 10.7 Å². The van der Waals surface area contributed by atoms with Gasteiger partial charge in [-0.2, -0.15) is 0 Å². The quantitative estimate of drug-likeness (QED) is 0.436. The third-order valence-electron chi connectivity index (χ3n) is 1.08. The molecular formula is C6H4BClFN. The lowest BCUT2D eigenvalue weighted by atomic mass is 9.96. The highest BCUT2D eigenvalue weighted by Crippen LogP contribution is 2.17. The van der Waals surface area contributed by atoms with Crippen molar-refractivity contribution in [2.24, 2.45) is 0 Å². The molecule has 2 radical (unpaired) electrons. The molecule has 2 N–H and O–H groups in total. The normalized spacial score (nSPS) is 9.80. The molecule has 0 aliphatic carbocycles. The summed E-state index contributed by atoms with van der Waals surface area (Å²) in [6.07, 6.45) is 0. The van der Waals surface area contributed by atoms with Crippen molar-refractivity contribution in [2.75, 3.05) is 5.73 Å². The second kappa shape index (κ2) is 2.50. The first-order valence-electron chi connectivity index (χ1n) is 2.61. The molecule has 0 aromatic heterocycles. The van der Waals surface area contributed by atoms with E-state index in [0.29, 0.717) is 5.46 Å². The van der Waals surface area contributed by atoms with Gasteiger partial charge in [-0.3, -0.25) is 0 Å². The van der Waals surface area contributed by atoms with Gasteiger partial charge in [0.15, 0.2) is 5.82 Å². The first-order chi connectivity index (χ1) is 4.61. The SMILES string of the molecule is [B]c1cc(N)c(F)c(Cl)c1. The molecule has 0 amide bonds. The summed E-state index contributed by atoms with van der Waals surface area (Å²) in [6.45, 7) is 0. The molecule has 0 atom stereocenters. The van der Waals surface area contributed by atoms with Crippen LogP contribution in [0.5, 0.6) is 0 Å². The van der Waals surface area contributed by atoms with Crippen LogP contribution in [0, 0.1) is 5.82 Å². The van der Waals surface area contributed by atoms with Gasteiger partial charge in [-0.05, 0) is 12.1 Å². The molecule has 0 saturated heterocycles. The summed E-state index contributed by atoms with van der Waals surface area (Å²) >= 11 is 5.38. The van der Waals surface area contributed by atoms with Crippen LogP contribution in [0.3, 0.4) is 0 Å². The topological polar surface area (TPSA) is 26.0 Å². The predicted molar refractivity (Wildman–Crippen MR) is 41.2 cm³/mol. The van der Waals surface area contributed by atoms with Gasteiger partial charge in [0.1, 0.15) is 7.85 Å². The molecule has 1 nitrogen and oxygen atoms in total. The van der Waals surface area contributed by atoms with Gasteiger partial charge in [-0.25, -0.2) is 4.39 Å². The number of anilines is 1. The van der Waals surface area contributed by atoms with Crippen LogP contribution in [0.25, 0.3) is 0 Å². The Balaban J connectivity index is 3.31. The largest absolute Gasteiger partial charge is 0.396 e. The van der Waals surface area contributed by atoms with Gasteiger partial charge in [-0.1, -0.05) is 17.1 Å². The summed E-state index contributed by atoms with van der Waals surface area (Å²) in [5.41, 5.74) is 5.52. The fourth-order valence-corrected chi connectivity index (χ4v) is 0.867. The van der Waals surface area contributed by atoms with E-state index in [4.69, 9.17) is 25.2 Å². The van der Waals surface area contributed by atoms with Crippen molar-refractivity contribution in [3.05, 3.63) is 23.0 Å². The second-order valence-corrected chi connectivity index (χ2v) is 2.31. The fraction of sp³-hybridized carbons (Fsp3) is 0. The number of hydrogen-bond donors (Lipinski definition) is 1. The number of nitrogens with two attached hydrogens (primary N) is 1. The molecule has 1 rings (SSSR count). The van der Waals surface area contributed by atoms with Crippen molar-refractivity contribution in [1.29, 1.82) is 0 Å². The van der Waals surface area contributed by atoms with Gasteiger partial charge < -0.3 is 5.73 Å². The Morgan fingerprint density at radius 1 is 1.50 bits per heavy atom. The maximum atomic E-state index is 12.6. The molecule has 0 aliphatic heterocycles. The fourth-order valence-electron chi connectivity index (χ4n) is 0.632. The van der Waals surface area contributed by atoms with Crippen molar-refractivity contribution in [2.45, 2.75) is 0 Å². The third kappa shape index (κ3) is 1.24. The van der Waals surface area contributed by atoms with E-state index in [1.54, 1.807) is 0 Å². The minimum Gasteiger partial charge on any atom is -0.396 e. The van der Waals surface area contributed by atoms with Crippen LogP contribution in [-0.4, -0.2) is 7.85 Å². The van der Waals surface area contributed by atoms with E-state index in [-0.39, 0.29) is 10.7 Å². The van der Waals surface area contributed by atoms with E-state index in [0.717, 1.165) is 0 Å². The highest BCUT2D eigenvalue weighted by molar-refractivity contribution is 6.36. The van der Waals surface area contributed by atoms with Crippen molar-refractivity contribution in [3.8, 4) is 0 Å². The maximum absolute atomic E-state index is 12.6. The molecule has 0 unspecified atom stereocenters. The highest BCUT2D eigenvalue weighted by atomic mass is 35.5. The standard InChI is InChI=1S/C6H4BClFN/c7-3-1-4(8)6(9)5(10)2-3/h1-2H,10H2. The van der Waals surface area contributed by atoms with Gasteiger partial charge in [0.2, 0.25) is 0 Å². The number of halogens is 2. The summed E-state index contributed by atoms with van der Waals surface area (Å²) in [5.74, 6) is -0.615. The van der Waals surface area contributed by atoms with E-state index >= 15 is 0 Å². The second-order valence-electron chi connectivity index (χ2n) is 1.91. The molecule has 0 aliphatic rings. The lowest BCUT2D eigenvalue weighted by Gasteiger charge is -1.99. The van der Waals surface area contributed by atoms with Gasteiger partial charge in [0, 0.05) is 0 Å². The summed E-state index contributed by atoms with van der Waals surface area (Å²) in [5, 5.41) is -0.0440. The summed E-state index contributed by atoms with van der Waals surface area (Å²) in [4.78, 5) is 0. The summed E-state index contributed by atoms with van der Waals surface area (Å²) in [7, 11) is 5.30. The minimum absolute atomic E-state index is 0.0231. The lowest BCUT2D eigenvalue weighted by molar-refractivity contribution is 0.633. The number of nitrogen functional groups attached to an aromatic ring is 1. The van der Waals surface area contributed by atoms with E-state index in [9.17, 15) is 4.39 Å². The zero-order valence-electron chi connectivity index (χ0n) is 5.07. The molecule has 4 heteroatoms. The zero-order chi connectivity index (χ0) is 7.72. The Labute approximate surface area is 64.4 Å². The highest BCUT2D eigenvalue weighted by Gasteiger charge is 2.02. The molecule has 1 aromatic carbocycles. The smallest absolute Gasteiger partial charge is 0.164 e. The Morgan fingerprint density at radius 3 is 2.60 bits per heavy atom. The average molecular weight is 155 g/mol. The van der Waals surface area contributed by atoms with Crippen LogP contribution in [0.4, 0.5) is 10.1 Å². The number of benzene rings is 1. The number of rotatable bonds is 0. The average Bonchev–Trinajstić information content (AvgIpc) is 1.82. The van der Waals surface area contributed by atoms with E-state index in [1.165, 1.54) is 12.1 Å². The van der Waals surface area contributed by atoms with Crippen LogP contribution in [-0.2, 0) is 0 Å². The van der Waals surface area contributed by atoms with Crippen LogP contribution in [0.1, 0.15) is 0 Å². The van der Waals surface area contributed by atoms with Gasteiger partial charge in [-0.15, -0.1) is 0 Å². The van der Waals surface area contributed by atoms with Crippen molar-refractivity contribution < 1.29 is 4.39 Å². The van der Waals surface area contributed by atoms with E-state index < -0.39 is 5.82 Å². The van der Waals surface area contributed by atoms with Gasteiger partial charge in [0.25, 0.3) is 0 Å². The predicted octanol–water partition coefficient (Wildman–Crippen LogP) is 0.855. The van der Waals surface area contributed by atoms with Crippen molar-refractivity contribution >= 4 is 30.6 Å². The molecule has 0 spiro atoms. The Bertz CT molecular complexity index is 241. The van der Waals surface area contributed by atoms with E-state index in [2.05, 4.69) is 0 Å². The monoisotopic (exact) mass is 155 g/mol. The first-order valence-corrected chi connectivity index (χ1v) is 2.99. The molecule has 50 valence electrons. The van der Waals surface area contributed by atoms with Crippen molar-refractivity contribution in [3.63, 3.8) is 0 Å². The molecular weight excluding hydrogens is 151 g/mol. The Hall–Kier alpha value is -0.695. The molecule has 10 heavy (non-hydrogen) atoms. The Kier molecular flexibility index (Phi) is 1.86. The van der Waals surface area contributed by atoms with Crippen molar-refractivity contribution in [1.82, 2.24) is 0 Å². The molecule has 0 fully saturated rings. The summed E-state index contributed by atoms with van der Waals surface area (Å²) in [6, 6.07) is 2.63. The number of hydrogen-bond acceptors (Lipinski definition) is 1. The van der Waals surface area contributed by atoms with E-state index in [1.807, 2.05) is 0 Å². The summed E-state index contributed by atoms with van der Waals surface area (Å²) < 4.78 is 12.6.